The van der Waals surface area contributed by atoms with Crippen LogP contribution in [0.3, 0.4) is 0 Å². The first-order valence-corrected chi connectivity index (χ1v) is 8.42. The molecule has 3 nitrogen and oxygen atoms in total. The van der Waals surface area contributed by atoms with Gasteiger partial charge in [0.25, 0.3) is 0 Å². The Hall–Kier alpha value is -1.58. The van der Waals surface area contributed by atoms with Crippen molar-refractivity contribution in [2.45, 2.75) is 38.3 Å². The third kappa shape index (κ3) is 4.72. The van der Waals surface area contributed by atoms with Gasteiger partial charge in [-0.05, 0) is 56.5 Å². The van der Waals surface area contributed by atoms with Crippen molar-refractivity contribution in [3.8, 4) is 0 Å². The van der Waals surface area contributed by atoms with E-state index in [1.807, 2.05) is 12.1 Å². The summed E-state index contributed by atoms with van der Waals surface area (Å²) in [6, 6.07) is 15.4. The largest absolute Gasteiger partial charge is 0.468 e. The van der Waals surface area contributed by atoms with Crippen molar-refractivity contribution < 1.29 is 4.42 Å². The van der Waals surface area contributed by atoms with Gasteiger partial charge < -0.3 is 14.6 Å². The first kappa shape index (κ1) is 15.3. The summed E-state index contributed by atoms with van der Waals surface area (Å²) in [5, 5.41) is 3.63. The molecule has 1 fully saturated rings. The van der Waals surface area contributed by atoms with Crippen molar-refractivity contribution in [3.63, 3.8) is 0 Å². The molecule has 2 heterocycles. The van der Waals surface area contributed by atoms with Crippen molar-refractivity contribution in [1.82, 2.24) is 10.2 Å². The molecule has 1 atom stereocenters. The van der Waals surface area contributed by atoms with E-state index < -0.39 is 0 Å². The maximum atomic E-state index is 5.39. The second-order valence-corrected chi connectivity index (χ2v) is 6.19. The Kier molecular flexibility index (Phi) is 5.68. The smallest absolute Gasteiger partial charge is 0.117 e. The third-order valence-electron chi connectivity index (χ3n) is 4.43. The number of nitrogens with one attached hydrogen (secondary N) is 1. The molecule has 118 valence electrons. The monoisotopic (exact) mass is 298 g/mol. The molecule has 1 aliphatic heterocycles. The first-order valence-electron chi connectivity index (χ1n) is 8.42. The first-order chi connectivity index (χ1) is 10.9. The fourth-order valence-corrected chi connectivity index (χ4v) is 3.23. The Morgan fingerprint density at radius 1 is 1.14 bits per heavy atom. The Balaban J connectivity index is 1.37. The molecule has 0 unspecified atom stereocenters. The van der Waals surface area contributed by atoms with Crippen LogP contribution >= 0.6 is 0 Å². The van der Waals surface area contributed by atoms with Gasteiger partial charge in [-0.25, -0.2) is 0 Å². The molecule has 22 heavy (non-hydrogen) atoms. The van der Waals surface area contributed by atoms with Gasteiger partial charge in [-0.15, -0.1) is 0 Å². The summed E-state index contributed by atoms with van der Waals surface area (Å²) in [7, 11) is 0. The molecule has 0 aliphatic carbocycles. The normalized spacial score (nSPS) is 19.4. The van der Waals surface area contributed by atoms with E-state index in [1.54, 1.807) is 6.26 Å². The van der Waals surface area contributed by atoms with Crippen molar-refractivity contribution in [1.29, 1.82) is 0 Å². The van der Waals surface area contributed by atoms with Crippen LogP contribution in [0.5, 0.6) is 0 Å². The van der Waals surface area contributed by atoms with Crippen LogP contribution in [0.25, 0.3) is 0 Å². The highest BCUT2D eigenvalue weighted by molar-refractivity contribution is 5.14. The van der Waals surface area contributed by atoms with Crippen molar-refractivity contribution >= 4 is 0 Å². The van der Waals surface area contributed by atoms with Gasteiger partial charge >= 0.3 is 0 Å². The molecule has 0 radical (unpaired) electrons. The zero-order valence-electron chi connectivity index (χ0n) is 13.2. The van der Waals surface area contributed by atoms with Crippen LogP contribution < -0.4 is 5.32 Å². The van der Waals surface area contributed by atoms with E-state index in [-0.39, 0.29) is 0 Å². The van der Waals surface area contributed by atoms with Crippen LogP contribution in [0.4, 0.5) is 0 Å². The Labute approximate surface area is 133 Å². The highest BCUT2D eigenvalue weighted by Crippen LogP contribution is 2.12. The zero-order valence-corrected chi connectivity index (χ0v) is 13.2. The molecule has 1 aromatic carbocycles. The average Bonchev–Trinajstić information content (AvgIpc) is 3.08. The zero-order chi connectivity index (χ0) is 15.0. The lowest BCUT2D eigenvalue weighted by molar-refractivity contribution is 0.186. The summed E-state index contributed by atoms with van der Waals surface area (Å²) in [4.78, 5) is 2.60. The number of nitrogens with zero attached hydrogens (tertiary/aromatic N) is 1. The van der Waals surface area contributed by atoms with Gasteiger partial charge in [0.05, 0.1) is 12.8 Å². The van der Waals surface area contributed by atoms with Gasteiger partial charge in [0.2, 0.25) is 0 Å². The SMILES string of the molecule is c1ccc(CCCN2CCC[C@@H](NCc3ccco3)C2)cc1. The number of aryl methyl sites for hydroxylation is 1. The number of piperidine rings is 1. The summed E-state index contributed by atoms with van der Waals surface area (Å²) < 4.78 is 5.39. The molecular formula is C19H26N2O. The minimum atomic E-state index is 0.593. The standard InChI is InChI=1S/C19H26N2O/c1-2-7-17(8-3-1)9-4-12-21-13-5-10-18(16-21)20-15-19-11-6-14-22-19/h1-3,6-8,11,14,18,20H,4-5,9-10,12-13,15-16H2/t18-/m1/s1. The average molecular weight is 298 g/mol. The summed E-state index contributed by atoms with van der Waals surface area (Å²) in [5.74, 6) is 1.03. The van der Waals surface area contributed by atoms with E-state index in [0.29, 0.717) is 6.04 Å². The molecular weight excluding hydrogens is 272 g/mol. The molecule has 1 aromatic heterocycles. The molecule has 1 N–H and O–H groups in total. The van der Waals surface area contributed by atoms with E-state index in [2.05, 4.69) is 40.5 Å². The van der Waals surface area contributed by atoms with Gasteiger partial charge in [-0.1, -0.05) is 30.3 Å². The number of furan rings is 1. The maximum absolute atomic E-state index is 5.39. The number of rotatable bonds is 7. The minimum absolute atomic E-state index is 0.593. The number of likely N-dealkylation sites (tertiary alicyclic amines) is 1. The number of hydrogen-bond donors (Lipinski definition) is 1. The topological polar surface area (TPSA) is 28.4 Å². The van der Waals surface area contributed by atoms with Crippen molar-refractivity contribution in [2.24, 2.45) is 0 Å². The van der Waals surface area contributed by atoms with E-state index in [1.165, 1.54) is 44.3 Å². The summed E-state index contributed by atoms with van der Waals surface area (Å²) >= 11 is 0. The fourth-order valence-electron chi connectivity index (χ4n) is 3.23. The molecule has 0 amide bonds. The highest BCUT2D eigenvalue weighted by atomic mass is 16.3. The van der Waals surface area contributed by atoms with Crippen molar-refractivity contribution in [3.05, 3.63) is 60.1 Å². The second-order valence-electron chi connectivity index (χ2n) is 6.19. The summed E-state index contributed by atoms with van der Waals surface area (Å²) in [5.41, 5.74) is 1.45. The second kappa shape index (κ2) is 8.16. The minimum Gasteiger partial charge on any atom is -0.468 e. The van der Waals surface area contributed by atoms with Crippen LogP contribution in [0.15, 0.2) is 53.1 Å². The Morgan fingerprint density at radius 2 is 2.05 bits per heavy atom. The third-order valence-corrected chi connectivity index (χ3v) is 4.43. The Morgan fingerprint density at radius 3 is 2.86 bits per heavy atom. The summed E-state index contributed by atoms with van der Waals surface area (Å²) in [6.45, 7) is 4.45. The molecule has 1 aliphatic rings. The van der Waals surface area contributed by atoms with Gasteiger partial charge in [-0.3, -0.25) is 0 Å². The van der Waals surface area contributed by atoms with Crippen LogP contribution in [0.1, 0.15) is 30.6 Å². The van der Waals surface area contributed by atoms with Gasteiger partial charge in [-0.2, -0.15) is 0 Å². The van der Waals surface area contributed by atoms with E-state index in [0.717, 1.165) is 18.8 Å². The lowest BCUT2D eigenvalue weighted by Crippen LogP contribution is -2.45. The maximum Gasteiger partial charge on any atom is 0.117 e. The van der Waals surface area contributed by atoms with E-state index in [4.69, 9.17) is 4.42 Å². The van der Waals surface area contributed by atoms with Gasteiger partial charge in [0, 0.05) is 12.6 Å². The van der Waals surface area contributed by atoms with Crippen LogP contribution in [-0.4, -0.2) is 30.6 Å². The van der Waals surface area contributed by atoms with Crippen LogP contribution in [0.2, 0.25) is 0 Å². The lowest BCUT2D eigenvalue weighted by Gasteiger charge is -2.33. The molecule has 3 heteroatoms. The van der Waals surface area contributed by atoms with E-state index >= 15 is 0 Å². The predicted molar refractivity (Wildman–Crippen MR) is 89.8 cm³/mol. The lowest BCUT2D eigenvalue weighted by atomic mass is 10.0. The molecule has 0 saturated carbocycles. The Bertz CT molecular complexity index is 524. The van der Waals surface area contributed by atoms with Crippen LogP contribution in [-0.2, 0) is 13.0 Å². The predicted octanol–water partition coefficient (Wildman–Crippen LogP) is 3.47. The van der Waals surface area contributed by atoms with Gasteiger partial charge in [0.15, 0.2) is 0 Å². The van der Waals surface area contributed by atoms with Gasteiger partial charge in [0.1, 0.15) is 5.76 Å². The summed E-state index contributed by atoms with van der Waals surface area (Å²) in [6.07, 6.45) is 6.74. The molecule has 3 rings (SSSR count). The van der Waals surface area contributed by atoms with Crippen LogP contribution in [0, 0.1) is 0 Å². The molecule has 0 bridgehead atoms. The number of hydrogen-bond acceptors (Lipinski definition) is 3. The fraction of sp³-hybridized carbons (Fsp3) is 0.474. The number of benzene rings is 1. The van der Waals surface area contributed by atoms with Crippen molar-refractivity contribution in [2.75, 3.05) is 19.6 Å². The quantitative estimate of drug-likeness (QED) is 0.848. The van der Waals surface area contributed by atoms with E-state index in [9.17, 15) is 0 Å². The molecule has 1 saturated heterocycles. The highest BCUT2D eigenvalue weighted by Gasteiger charge is 2.19. The molecule has 2 aromatic rings. The molecule has 0 spiro atoms.